The van der Waals surface area contributed by atoms with Gasteiger partial charge in [-0.25, -0.2) is 0 Å². The Hall–Kier alpha value is -1.50. The lowest BCUT2D eigenvalue weighted by molar-refractivity contribution is 0.160. The maximum Gasteiger partial charge on any atom is 0.0402 e. The highest BCUT2D eigenvalue weighted by molar-refractivity contribution is 5.62. The molecule has 1 heterocycles. The largest absolute Gasteiger partial charge is 0.370 e. The van der Waals surface area contributed by atoms with E-state index in [0.717, 1.165) is 35.6 Å². The molecular formula is C20H23N. The summed E-state index contributed by atoms with van der Waals surface area (Å²) in [5, 5.41) is 0. The van der Waals surface area contributed by atoms with Crippen molar-refractivity contribution in [2.45, 2.75) is 31.2 Å². The fourth-order valence-corrected chi connectivity index (χ4v) is 5.92. The van der Waals surface area contributed by atoms with E-state index in [2.05, 4.69) is 60.5 Å². The minimum atomic E-state index is 0.733. The number of hydrogen-bond donors (Lipinski definition) is 0. The molecule has 2 saturated carbocycles. The van der Waals surface area contributed by atoms with Crippen molar-refractivity contribution in [2.75, 3.05) is 11.9 Å². The first-order chi connectivity index (χ1) is 10.3. The van der Waals surface area contributed by atoms with Crippen LogP contribution < -0.4 is 4.90 Å². The van der Waals surface area contributed by atoms with Gasteiger partial charge in [-0.2, -0.15) is 0 Å². The molecule has 0 bridgehead atoms. The molecule has 1 aromatic rings. The monoisotopic (exact) mass is 277 g/mol. The quantitative estimate of drug-likeness (QED) is 0.680. The van der Waals surface area contributed by atoms with E-state index >= 15 is 0 Å². The molecule has 0 amide bonds. The Bertz CT molecular complexity index is 628. The van der Waals surface area contributed by atoms with Gasteiger partial charge in [-0.15, -0.1) is 0 Å². The summed E-state index contributed by atoms with van der Waals surface area (Å²) in [5.41, 5.74) is 3.11. The van der Waals surface area contributed by atoms with Gasteiger partial charge in [0.05, 0.1) is 0 Å². The van der Waals surface area contributed by atoms with E-state index in [4.69, 9.17) is 0 Å². The third-order valence-corrected chi connectivity index (χ3v) is 6.68. The van der Waals surface area contributed by atoms with Crippen molar-refractivity contribution in [1.82, 2.24) is 0 Å². The molecular weight excluding hydrogens is 254 g/mol. The van der Waals surface area contributed by atoms with Crippen LogP contribution in [0.25, 0.3) is 0 Å². The van der Waals surface area contributed by atoms with Gasteiger partial charge in [0.1, 0.15) is 0 Å². The Labute approximate surface area is 127 Å². The first-order valence-corrected chi connectivity index (χ1v) is 8.51. The number of hydrogen-bond acceptors (Lipinski definition) is 1. The predicted molar refractivity (Wildman–Crippen MR) is 87.5 cm³/mol. The highest BCUT2D eigenvalue weighted by Crippen LogP contribution is 2.59. The Kier molecular flexibility index (Phi) is 2.45. The Balaban J connectivity index is 1.58. The van der Waals surface area contributed by atoms with Gasteiger partial charge in [0.2, 0.25) is 0 Å². The van der Waals surface area contributed by atoms with Gasteiger partial charge >= 0.3 is 0 Å². The summed E-state index contributed by atoms with van der Waals surface area (Å²) < 4.78 is 0. The van der Waals surface area contributed by atoms with Crippen molar-refractivity contribution in [2.24, 2.45) is 23.7 Å². The van der Waals surface area contributed by atoms with E-state index in [1.807, 2.05) is 0 Å². The molecule has 5 rings (SSSR count). The molecule has 0 saturated heterocycles. The van der Waals surface area contributed by atoms with Gasteiger partial charge in [0, 0.05) is 24.7 Å². The van der Waals surface area contributed by atoms with Crippen LogP contribution in [0.5, 0.6) is 0 Å². The van der Waals surface area contributed by atoms with Crippen molar-refractivity contribution in [1.29, 1.82) is 0 Å². The lowest BCUT2D eigenvalue weighted by atomic mass is 9.65. The normalized spacial score (nSPS) is 42.4. The second-order valence-corrected chi connectivity index (χ2v) is 7.43. The number of benzene rings is 1. The molecule has 6 unspecified atom stereocenters. The average Bonchev–Trinajstić information content (AvgIpc) is 3.05. The van der Waals surface area contributed by atoms with Crippen LogP contribution in [-0.2, 0) is 0 Å². The van der Waals surface area contributed by atoms with E-state index in [-0.39, 0.29) is 0 Å². The van der Waals surface area contributed by atoms with Crippen molar-refractivity contribution < 1.29 is 0 Å². The maximum absolute atomic E-state index is 2.61. The second-order valence-electron chi connectivity index (χ2n) is 7.43. The number of rotatable bonds is 0. The summed E-state index contributed by atoms with van der Waals surface area (Å²) in [6.07, 6.45) is 13.8. The van der Waals surface area contributed by atoms with Crippen LogP contribution in [0.1, 0.15) is 30.7 Å². The number of nitrogens with zero attached hydrogens (tertiary/aromatic N) is 1. The minimum absolute atomic E-state index is 0.733. The van der Waals surface area contributed by atoms with Gasteiger partial charge in [-0.3, -0.25) is 0 Å². The predicted octanol–water partition coefficient (Wildman–Crippen LogP) is 4.38. The molecule has 21 heavy (non-hydrogen) atoms. The molecule has 1 nitrogen and oxygen atoms in total. The first kappa shape index (κ1) is 12.1. The van der Waals surface area contributed by atoms with E-state index in [0.29, 0.717) is 0 Å². The fraction of sp³-hybridized carbons (Fsp3) is 0.500. The zero-order chi connectivity index (χ0) is 14.0. The summed E-state index contributed by atoms with van der Waals surface area (Å²) in [6, 6.07) is 9.85. The van der Waals surface area contributed by atoms with E-state index < -0.39 is 0 Å². The summed E-state index contributed by atoms with van der Waals surface area (Å²) in [7, 11) is 2.33. The molecule has 0 aromatic heterocycles. The highest BCUT2D eigenvalue weighted by Gasteiger charge is 2.54. The molecule has 6 atom stereocenters. The van der Waals surface area contributed by atoms with Crippen molar-refractivity contribution in [3.05, 3.63) is 54.1 Å². The van der Waals surface area contributed by atoms with E-state index in [1.54, 1.807) is 5.56 Å². The van der Waals surface area contributed by atoms with Crippen LogP contribution >= 0.6 is 0 Å². The van der Waals surface area contributed by atoms with Gasteiger partial charge in [-0.1, -0.05) is 42.5 Å². The number of likely N-dealkylation sites (N-methyl/N-ethyl adjacent to an activating group) is 1. The van der Waals surface area contributed by atoms with E-state index in [9.17, 15) is 0 Å². The lowest BCUT2D eigenvalue weighted by Crippen LogP contribution is -2.43. The van der Waals surface area contributed by atoms with Crippen LogP contribution in [0.15, 0.2) is 48.6 Å². The van der Waals surface area contributed by atoms with Gasteiger partial charge in [-0.05, 0) is 54.6 Å². The number of anilines is 1. The topological polar surface area (TPSA) is 3.24 Å². The lowest BCUT2D eigenvalue weighted by Gasteiger charge is -2.43. The molecule has 0 radical (unpaired) electrons. The SMILES string of the molecule is CN1c2ccccc2C2CC3CCC4C=CC=CC4C3C21. The van der Waals surface area contributed by atoms with Crippen LogP contribution in [-0.4, -0.2) is 13.1 Å². The molecule has 0 N–H and O–H groups in total. The van der Waals surface area contributed by atoms with Gasteiger partial charge < -0.3 is 4.90 Å². The standard InChI is InChI=1S/C20H23N/c1-21-18-9-5-4-8-16(18)17-12-14-11-10-13-6-2-3-7-15(13)19(14)20(17)21/h2-9,13-15,17,19-20H,10-12H2,1H3. The Morgan fingerprint density at radius 1 is 1.05 bits per heavy atom. The van der Waals surface area contributed by atoms with Crippen LogP contribution in [0.4, 0.5) is 5.69 Å². The van der Waals surface area contributed by atoms with Gasteiger partial charge in [0.15, 0.2) is 0 Å². The molecule has 1 heteroatoms. The van der Waals surface area contributed by atoms with Crippen LogP contribution in [0.3, 0.4) is 0 Å². The van der Waals surface area contributed by atoms with Crippen LogP contribution in [0.2, 0.25) is 0 Å². The van der Waals surface area contributed by atoms with Gasteiger partial charge in [0.25, 0.3) is 0 Å². The Morgan fingerprint density at radius 2 is 1.90 bits per heavy atom. The summed E-state index contributed by atoms with van der Waals surface area (Å²) >= 11 is 0. The van der Waals surface area contributed by atoms with Crippen LogP contribution in [0, 0.1) is 23.7 Å². The molecule has 4 aliphatic rings. The number of fused-ring (bicyclic) bond motifs is 7. The zero-order valence-corrected chi connectivity index (χ0v) is 12.7. The van der Waals surface area contributed by atoms with Crippen molar-refractivity contribution in [3.63, 3.8) is 0 Å². The summed E-state index contributed by atoms with van der Waals surface area (Å²) in [6.45, 7) is 0. The summed E-state index contributed by atoms with van der Waals surface area (Å²) in [4.78, 5) is 2.61. The van der Waals surface area contributed by atoms with Crippen molar-refractivity contribution >= 4 is 5.69 Å². The second kappa shape index (κ2) is 4.25. The minimum Gasteiger partial charge on any atom is -0.370 e. The molecule has 108 valence electrons. The summed E-state index contributed by atoms with van der Waals surface area (Å²) in [5.74, 6) is 4.15. The third-order valence-electron chi connectivity index (χ3n) is 6.68. The average molecular weight is 277 g/mol. The van der Waals surface area contributed by atoms with E-state index in [1.165, 1.54) is 24.9 Å². The fourth-order valence-electron chi connectivity index (χ4n) is 5.92. The third kappa shape index (κ3) is 1.52. The highest BCUT2D eigenvalue weighted by atomic mass is 15.2. The zero-order valence-electron chi connectivity index (χ0n) is 12.7. The first-order valence-electron chi connectivity index (χ1n) is 8.51. The molecule has 1 aromatic carbocycles. The number of para-hydroxylation sites is 1. The molecule has 2 fully saturated rings. The van der Waals surface area contributed by atoms with Crippen molar-refractivity contribution in [3.8, 4) is 0 Å². The molecule has 1 aliphatic heterocycles. The smallest absolute Gasteiger partial charge is 0.0402 e. The maximum atomic E-state index is 2.61. The number of allylic oxidation sites excluding steroid dienone is 4. The Morgan fingerprint density at radius 3 is 2.86 bits per heavy atom. The molecule has 3 aliphatic carbocycles. The molecule has 0 spiro atoms.